The molecule has 0 unspecified atom stereocenters. The van der Waals surface area contributed by atoms with E-state index in [0.717, 1.165) is 6.08 Å². The van der Waals surface area contributed by atoms with Crippen molar-refractivity contribution in [3.63, 3.8) is 0 Å². The highest BCUT2D eigenvalue weighted by Gasteiger charge is 2.21. The minimum Gasteiger partial charge on any atom is -0.504 e. The number of rotatable bonds is 4. The Morgan fingerprint density at radius 2 is 2.00 bits per heavy atom. The standard InChI is InChI=1S/C15H9BF2O3/c17-16(18)21-15(13-8-9-20-11-13)10-14(19)7-6-12-4-2-1-3-5-12/h1-5,8-11H/b15-10+. The molecule has 0 bridgehead atoms. The summed E-state index contributed by atoms with van der Waals surface area (Å²) >= 11 is 0. The summed E-state index contributed by atoms with van der Waals surface area (Å²) in [5.41, 5.74) is 0.893. The maximum atomic E-state index is 12.3. The monoisotopic (exact) mass is 286 g/mol. The van der Waals surface area contributed by atoms with E-state index in [9.17, 15) is 13.4 Å². The second kappa shape index (κ2) is 7.10. The molecular weight excluding hydrogens is 277 g/mol. The van der Waals surface area contributed by atoms with Gasteiger partial charge in [-0.25, -0.2) is 8.63 Å². The predicted octanol–water partition coefficient (Wildman–Crippen LogP) is 3.18. The SMILES string of the molecule is O=C(C#Cc1ccccc1)/C=C(/OB(F)F)c1ccoc1. The lowest BCUT2D eigenvalue weighted by molar-refractivity contribution is -0.109. The van der Waals surface area contributed by atoms with Gasteiger partial charge >= 0.3 is 7.47 Å². The van der Waals surface area contributed by atoms with Crippen LogP contribution in [0.25, 0.3) is 5.76 Å². The van der Waals surface area contributed by atoms with Crippen molar-refractivity contribution in [2.24, 2.45) is 0 Å². The van der Waals surface area contributed by atoms with Crippen LogP contribution in [-0.4, -0.2) is 13.3 Å². The van der Waals surface area contributed by atoms with Crippen molar-refractivity contribution in [2.45, 2.75) is 0 Å². The molecule has 2 rings (SSSR count). The molecule has 0 fully saturated rings. The fourth-order valence-electron chi connectivity index (χ4n) is 1.50. The maximum absolute atomic E-state index is 12.3. The van der Waals surface area contributed by atoms with E-state index >= 15 is 0 Å². The lowest BCUT2D eigenvalue weighted by atomic mass is 10.2. The fraction of sp³-hybridized carbons (Fsp3) is 0. The Kier molecular flexibility index (Phi) is 4.94. The number of furan rings is 1. The van der Waals surface area contributed by atoms with Crippen molar-refractivity contribution in [3.05, 3.63) is 66.1 Å². The maximum Gasteiger partial charge on any atom is 0.796 e. The van der Waals surface area contributed by atoms with Crippen LogP contribution >= 0.6 is 0 Å². The van der Waals surface area contributed by atoms with E-state index in [2.05, 4.69) is 16.5 Å². The average Bonchev–Trinajstić information content (AvgIpc) is 2.99. The van der Waals surface area contributed by atoms with E-state index in [1.807, 2.05) is 6.07 Å². The summed E-state index contributed by atoms with van der Waals surface area (Å²) in [4.78, 5) is 11.7. The van der Waals surface area contributed by atoms with Crippen LogP contribution in [0.1, 0.15) is 11.1 Å². The third-order valence-electron chi connectivity index (χ3n) is 2.39. The molecule has 0 saturated heterocycles. The number of halogens is 2. The van der Waals surface area contributed by atoms with Crippen LogP contribution in [0.2, 0.25) is 0 Å². The van der Waals surface area contributed by atoms with E-state index < -0.39 is 13.3 Å². The second-order valence-electron chi connectivity index (χ2n) is 3.88. The molecule has 0 aliphatic rings. The number of carbonyl (C=O) groups is 1. The lowest BCUT2D eigenvalue weighted by Gasteiger charge is -2.04. The van der Waals surface area contributed by atoms with Crippen molar-refractivity contribution in [1.29, 1.82) is 0 Å². The zero-order valence-corrected chi connectivity index (χ0v) is 10.8. The molecule has 0 aliphatic carbocycles. The van der Waals surface area contributed by atoms with Gasteiger partial charge in [0, 0.05) is 11.6 Å². The quantitative estimate of drug-likeness (QED) is 0.375. The number of ketones is 1. The van der Waals surface area contributed by atoms with Crippen molar-refractivity contribution in [1.82, 2.24) is 0 Å². The highest BCUT2D eigenvalue weighted by molar-refractivity contribution is 6.36. The molecule has 6 heteroatoms. The van der Waals surface area contributed by atoms with Gasteiger partial charge in [-0.3, -0.25) is 4.79 Å². The summed E-state index contributed by atoms with van der Waals surface area (Å²) in [6.07, 6.45) is 3.40. The Balaban J connectivity index is 2.18. The normalized spacial score (nSPS) is 10.5. The fourth-order valence-corrected chi connectivity index (χ4v) is 1.50. The van der Waals surface area contributed by atoms with Gasteiger partial charge in [0.2, 0.25) is 5.78 Å². The molecule has 0 amide bonds. The molecule has 0 saturated carbocycles. The third-order valence-corrected chi connectivity index (χ3v) is 2.39. The van der Waals surface area contributed by atoms with Gasteiger partial charge in [-0.1, -0.05) is 24.1 Å². The zero-order valence-electron chi connectivity index (χ0n) is 10.8. The summed E-state index contributed by atoms with van der Waals surface area (Å²) in [7, 11) is -3.04. The van der Waals surface area contributed by atoms with Crippen molar-refractivity contribution >= 4 is 19.0 Å². The van der Waals surface area contributed by atoms with Crippen molar-refractivity contribution in [2.75, 3.05) is 0 Å². The first kappa shape index (κ1) is 14.6. The van der Waals surface area contributed by atoms with Gasteiger partial charge in [0.25, 0.3) is 0 Å². The first-order chi connectivity index (χ1) is 10.1. The smallest absolute Gasteiger partial charge is 0.504 e. The molecule has 1 aromatic heterocycles. The van der Waals surface area contributed by atoms with Crippen LogP contribution < -0.4 is 0 Å². The molecule has 0 N–H and O–H groups in total. The first-order valence-electron chi connectivity index (χ1n) is 5.95. The molecular formula is C15H9BF2O3. The number of hydrogen-bond acceptors (Lipinski definition) is 3. The van der Waals surface area contributed by atoms with E-state index in [1.54, 1.807) is 24.3 Å². The van der Waals surface area contributed by atoms with Gasteiger partial charge < -0.3 is 9.07 Å². The summed E-state index contributed by atoms with van der Waals surface area (Å²) < 4.78 is 33.7. The molecule has 3 nitrogen and oxygen atoms in total. The van der Waals surface area contributed by atoms with E-state index in [0.29, 0.717) is 5.56 Å². The van der Waals surface area contributed by atoms with Crippen LogP contribution in [0, 0.1) is 11.8 Å². The molecule has 21 heavy (non-hydrogen) atoms. The molecule has 0 aliphatic heterocycles. The highest BCUT2D eigenvalue weighted by atomic mass is 19.2. The molecule has 0 spiro atoms. The lowest BCUT2D eigenvalue weighted by Crippen LogP contribution is -2.05. The molecule has 2 aromatic rings. The summed E-state index contributed by atoms with van der Waals surface area (Å²) in [5, 5.41) is 0. The van der Waals surface area contributed by atoms with Gasteiger partial charge in [0.05, 0.1) is 11.8 Å². The Morgan fingerprint density at radius 1 is 1.24 bits per heavy atom. The average molecular weight is 286 g/mol. The van der Waals surface area contributed by atoms with Gasteiger partial charge in [-0.15, -0.1) is 0 Å². The van der Waals surface area contributed by atoms with Crippen LogP contribution in [0.5, 0.6) is 0 Å². The Morgan fingerprint density at radius 3 is 2.62 bits per heavy atom. The largest absolute Gasteiger partial charge is 0.796 e. The molecule has 0 atom stereocenters. The summed E-state index contributed by atoms with van der Waals surface area (Å²) in [6.45, 7) is 0. The van der Waals surface area contributed by atoms with E-state index in [1.165, 1.54) is 18.6 Å². The summed E-state index contributed by atoms with van der Waals surface area (Å²) in [6, 6.07) is 10.3. The number of hydrogen-bond donors (Lipinski definition) is 0. The zero-order chi connectivity index (χ0) is 15.1. The van der Waals surface area contributed by atoms with Gasteiger partial charge in [-0.2, -0.15) is 0 Å². The first-order valence-corrected chi connectivity index (χ1v) is 5.95. The molecule has 1 aromatic carbocycles. The van der Waals surface area contributed by atoms with Crippen LogP contribution in [0.4, 0.5) is 8.63 Å². The van der Waals surface area contributed by atoms with Gasteiger partial charge in [0.1, 0.15) is 12.0 Å². The van der Waals surface area contributed by atoms with Crippen molar-refractivity contribution < 1.29 is 22.5 Å². The van der Waals surface area contributed by atoms with E-state index in [4.69, 9.17) is 4.42 Å². The van der Waals surface area contributed by atoms with Crippen LogP contribution in [0.15, 0.2) is 59.4 Å². The number of carbonyl (C=O) groups excluding carboxylic acids is 1. The number of allylic oxidation sites excluding steroid dienone is 1. The summed E-state index contributed by atoms with van der Waals surface area (Å²) in [5.74, 6) is 4.05. The van der Waals surface area contributed by atoms with Gasteiger partial charge in [0.15, 0.2) is 0 Å². The second-order valence-corrected chi connectivity index (χ2v) is 3.88. The topological polar surface area (TPSA) is 39.4 Å². The van der Waals surface area contributed by atoms with Crippen LogP contribution in [-0.2, 0) is 9.45 Å². The van der Waals surface area contributed by atoms with Crippen LogP contribution in [0.3, 0.4) is 0 Å². The molecule has 1 heterocycles. The Hall–Kier alpha value is -2.81. The molecule has 0 radical (unpaired) electrons. The minimum atomic E-state index is -3.04. The predicted molar refractivity (Wildman–Crippen MR) is 74.1 cm³/mol. The van der Waals surface area contributed by atoms with Gasteiger partial charge in [-0.05, 0) is 24.1 Å². The Labute approximate surface area is 120 Å². The highest BCUT2D eigenvalue weighted by Crippen LogP contribution is 2.18. The Bertz CT molecular complexity index is 683. The van der Waals surface area contributed by atoms with Crippen molar-refractivity contribution in [3.8, 4) is 11.8 Å². The number of benzene rings is 1. The third kappa shape index (κ3) is 4.66. The van der Waals surface area contributed by atoms with E-state index in [-0.39, 0.29) is 11.3 Å². The molecule has 104 valence electrons. The minimum absolute atomic E-state index is 0.241.